The lowest BCUT2D eigenvalue weighted by Gasteiger charge is -2.15. The van der Waals surface area contributed by atoms with Crippen LogP contribution in [0, 0.1) is 12.8 Å². The normalized spacial score (nSPS) is 12.5. The van der Waals surface area contributed by atoms with Gasteiger partial charge in [0.25, 0.3) is 0 Å². The number of esters is 1. The Labute approximate surface area is 138 Å². The topological polar surface area (TPSA) is 72.0 Å². The van der Waals surface area contributed by atoms with Crippen molar-refractivity contribution in [1.29, 1.82) is 0 Å². The molecule has 0 aliphatic heterocycles. The van der Waals surface area contributed by atoms with Crippen LogP contribution in [-0.4, -0.2) is 46.3 Å². The first kappa shape index (κ1) is 18.8. The highest BCUT2D eigenvalue weighted by atomic mass is 16.5. The second-order valence-corrected chi connectivity index (χ2v) is 5.37. The van der Waals surface area contributed by atoms with Crippen molar-refractivity contribution < 1.29 is 14.3 Å². The average Bonchev–Trinajstić information content (AvgIpc) is 2.56. The Balaban J connectivity index is 2.47. The number of carbonyl (C=O) groups is 1. The molecule has 128 valence electrons. The minimum Gasteiger partial charge on any atom is -0.496 e. The molecular weight excluding hydrogens is 294 g/mol. The monoisotopic (exact) mass is 321 g/mol. The van der Waals surface area contributed by atoms with Gasteiger partial charge in [0.2, 0.25) is 0 Å². The molecule has 1 aromatic carbocycles. The largest absolute Gasteiger partial charge is 0.496 e. The molecule has 0 bridgehead atoms. The third kappa shape index (κ3) is 6.18. The Morgan fingerprint density at radius 3 is 2.65 bits per heavy atom. The Bertz CT molecular complexity index is 544. The standard InChI is InChI=1S/C17H27N3O3/c1-12-6-7-15(22-4)14(10-12)8-9-19-17(18-3)20-11-13(2)16(21)23-5/h6-7,10,13H,8-9,11H2,1-5H3,(H2,18,19,20). The van der Waals surface area contributed by atoms with E-state index in [4.69, 9.17) is 9.47 Å². The van der Waals surface area contributed by atoms with Crippen molar-refractivity contribution >= 4 is 11.9 Å². The minimum atomic E-state index is -0.238. The van der Waals surface area contributed by atoms with Gasteiger partial charge in [-0.05, 0) is 25.0 Å². The van der Waals surface area contributed by atoms with Gasteiger partial charge >= 0.3 is 5.97 Å². The van der Waals surface area contributed by atoms with Crippen LogP contribution < -0.4 is 15.4 Å². The molecule has 0 heterocycles. The van der Waals surface area contributed by atoms with Gasteiger partial charge in [0, 0.05) is 20.1 Å². The van der Waals surface area contributed by atoms with Crippen molar-refractivity contribution in [3.8, 4) is 5.75 Å². The Morgan fingerprint density at radius 2 is 2.04 bits per heavy atom. The molecule has 1 atom stereocenters. The van der Waals surface area contributed by atoms with Gasteiger partial charge in [-0.15, -0.1) is 0 Å². The zero-order chi connectivity index (χ0) is 17.2. The van der Waals surface area contributed by atoms with Crippen LogP contribution in [0.25, 0.3) is 0 Å². The van der Waals surface area contributed by atoms with E-state index in [1.807, 2.05) is 19.1 Å². The lowest BCUT2D eigenvalue weighted by atomic mass is 10.1. The minimum absolute atomic E-state index is 0.226. The molecule has 0 radical (unpaired) electrons. The number of aliphatic imine (C=N–C) groups is 1. The van der Waals surface area contributed by atoms with Gasteiger partial charge in [-0.1, -0.05) is 24.6 Å². The zero-order valence-corrected chi connectivity index (χ0v) is 14.6. The average molecular weight is 321 g/mol. The van der Waals surface area contributed by atoms with E-state index >= 15 is 0 Å². The molecule has 0 spiro atoms. The third-order valence-electron chi connectivity index (χ3n) is 3.53. The lowest BCUT2D eigenvalue weighted by molar-refractivity contribution is -0.144. The van der Waals surface area contributed by atoms with Crippen molar-refractivity contribution in [1.82, 2.24) is 10.6 Å². The molecule has 0 amide bonds. The van der Waals surface area contributed by atoms with Crippen LogP contribution in [0.15, 0.2) is 23.2 Å². The van der Waals surface area contributed by atoms with E-state index in [1.165, 1.54) is 12.7 Å². The number of benzene rings is 1. The number of hydrogen-bond acceptors (Lipinski definition) is 4. The van der Waals surface area contributed by atoms with Crippen molar-refractivity contribution in [3.05, 3.63) is 29.3 Å². The lowest BCUT2D eigenvalue weighted by Crippen LogP contribution is -2.41. The number of nitrogens with one attached hydrogen (secondary N) is 2. The van der Waals surface area contributed by atoms with Gasteiger partial charge in [0.15, 0.2) is 5.96 Å². The molecule has 0 saturated heterocycles. The van der Waals surface area contributed by atoms with Crippen LogP contribution in [-0.2, 0) is 16.0 Å². The molecule has 23 heavy (non-hydrogen) atoms. The summed E-state index contributed by atoms with van der Waals surface area (Å²) in [6.45, 7) is 5.06. The SMILES string of the molecule is CN=C(NCCc1cc(C)ccc1OC)NCC(C)C(=O)OC. The Morgan fingerprint density at radius 1 is 1.30 bits per heavy atom. The van der Waals surface area contributed by atoms with Crippen molar-refractivity contribution in [3.63, 3.8) is 0 Å². The first-order chi connectivity index (χ1) is 11.0. The number of carbonyl (C=O) groups excluding carboxylic acids is 1. The summed E-state index contributed by atoms with van der Waals surface area (Å²) in [4.78, 5) is 15.5. The summed E-state index contributed by atoms with van der Waals surface area (Å²) in [6, 6.07) is 6.14. The van der Waals surface area contributed by atoms with Crippen LogP contribution in [0.1, 0.15) is 18.1 Å². The highest BCUT2D eigenvalue weighted by Gasteiger charge is 2.13. The molecule has 0 fully saturated rings. The predicted octanol–water partition coefficient (Wildman–Crippen LogP) is 1.52. The molecule has 0 aromatic heterocycles. The van der Waals surface area contributed by atoms with Crippen molar-refractivity contribution in [2.45, 2.75) is 20.3 Å². The van der Waals surface area contributed by atoms with E-state index in [1.54, 1.807) is 14.2 Å². The molecule has 2 N–H and O–H groups in total. The summed E-state index contributed by atoms with van der Waals surface area (Å²) >= 11 is 0. The fourth-order valence-corrected chi connectivity index (χ4v) is 2.17. The Hall–Kier alpha value is -2.24. The van der Waals surface area contributed by atoms with E-state index in [0.29, 0.717) is 19.0 Å². The molecule has 0 aliphatic rings. The molecule has 6 nitrogen and oxygen atoms in total. The van der Waals surface area contributed by atoms with Gasteiger partial charge in [-0.3, -0.25) is 9.79 Å². The predicted molar refractivity (Wildman–Crippen MR) is 92.0 cm³/mol. The van der Waals surface area contributed by atoms with Crippen molar-refractivity contribution in [2.24, 2.45) is 10.9 Å². The molecule has 6 heteroatoms. The summed E-state index contributed by atoms with van der Waals surface area (Å²) in [6.07, 6.45) is 0.818. The number of guanidine groups is 1. The molecule has 1 unspecified atom stereocenters. The maximum atomic E-state index is 11.4. The summed E-state index contributed by atoms with van der Waals surface area (Å²) in [5.74, 6) is 1.08. The molecule has 1 aromatic rings. The summed E-state index contributed by atoms with van der Waals surface area (Å²) in [5.41, 5.74) is 2.36. The smallest absolute Gasteiger partial charge is 0.310 e. The van der Waals surface area contributed by atoms with Crippen LogP contribution in [0.3, 0.4) is 0 Å². The second-order valence-electron chi connectivity index (χ2n) is 5.37. The fraction of sp³-hybridized carbons (Fsp3) is 0.529. The van der Waals surface area contributed by atoms with Gasteiger partial charge in [-0.25, -0.2) is 0 Å². The first-order valence-corrected chi connectivity index (χ1v) is 7.67. The van der Waals surface area contributed by atoms with Crippen LogP contribution in [0.2, 0.25) is 0 Å². The van der Waals surface area contributed by atoms with Crippen LogP contribution >= 0.6 is 0 Å². The van der Waals surface area contributed by atoms with Crippen LogP contribution in [0.4, 0.5) is 0 Å². The van der Waals surface area contributed by atoms with E-state index in [0.717, 1.165) is 17.7 Å². The summed E-state index contributed by atoms with van der Waals surface area (Å²) in [7, 11) is 4.77. The molecule has 0 saturated carbocycles. The molecule has 1 rings (SSSR count). The number of hydrogen-bond donors (Lipinski definition) is 2. The number of nitrogens with zero attached hydrogens (tertiary/aromatic N) is 1. The maximum Gasteiger partial charge on any atom is 0.310 e. The van der Waals surface area contributed by atoms with Crippen LogP contribution in [0.5, 0.6) is 5.75 Å². The highest BCUT2D eigenvalue weighted by Crippen LogP contribution is 2.19. The number of methoxy groups -OCH3 is 2. The van der Waals surface area contributed by atoms with E-state index < -0.39 is 0 Å². The molecular formula is C17H27N3O3. The quantitative estimate of drug-likeness (QED) is 0.453. The summed E-state index contributed by atoms with van der Waals surface area (Å²) in [5, 5.41) is 6.35. The van der Waals surface area contributed by atoms with Gasteiger partial charge in [-0.2, -0.15) is 0 Å². The first-order valence-electron chi connectivity index (χ1n) is 7.67. The second kappa shape index (κ2) is 9.71. The zero-order valence-electron chi connectivity index (χ0n) is 14.6. The Kier molecular flexibility index (Phi) is 7.94. The van der Waals surface area contributed by atoms with Gasteiger partial charge in [0.1, 0.15) is 5.75 Å². The maximum absolute atomic E-state index is 11.4. The third-order valence-corrected chi connectivity index (χ3v) is 3.53. The van der Waals surface area contributed by atoms with Gasteiger partial charge < -0.3 is 20.1 Å². The highest BCUT2D eigenvalue weighted by molar-refractivity contribution is 5.80. The summed E-state index contributed by atoms with van der Waals surface area (Å²) < 4.78 is 10.1. The number of rotatable bonds is 7. The van der Waals surface area contributed by atoms with Crippen molar-refractivity contribution in [2.75, 3.05) is 34.4 Å². The van der Waals surface area contributed by atoms with E-state index in [9.17, 15) is 4.79 Å². The van der Waals surface area contributed by atoms with E-state index in [2.05, 4.69) is 28.6 Å². The number of ether oxygens (including phenoxy) is 2. The number of aryl methyl sites for hydroxylation is 1. The van der Waals surface area contributed by atoms with E-state index in [-0.39, 0.29) is 11.9 Å². The fourth-order valence-electron chi connectivity index (χ4n) is 2.17. The molecule has 0 aliphatic carbocycles. The van der Waals surface area contributed by atoms with Gasteiger partial charge in [0.05, 0.1) is 20.1 Å².